The number of rotatable bonds is 6. The van der Waals surface area contributed by atoms with E-state index >= 15 is 0 Å². The number of amides is 4. The van der Waals surface area contributed by atoms with Crippen molar-refractivity contribution >= 4 is 29.3 Å². The molecule has 0 bridgehead atoms. The van der Waals surface area contributed by atoms with Crippen LogP contribution in [0.25, 0.3) is 0 Å². The molecule has 0 spiro atoms. The fraction of sp³-hybridized carbons (Fsp3) is 0.545. The predicted molar refractivity (Wildman–Crippen MR) is 108 cm³/mol. The van der Waals surface area contributed by atoms with Crippen molar-refractivity contribution in [2.45, 2.75) is 69.6 Å². The van der Waals surface area contributed by atoms with E-state index in [1.807, 2.05) is 12.1 Å². The summed E-state index contributed by atoms with van der Waals surface area (Å²) in [5.41, 5.74) is 2.16. The summed E-state index contributed by atoms with van der Waals surface area (Å²) in [6.07, 6.45) is 5.89. The molecule has 4 amide bonds. The Morgan fingerprint density at radius 1 is 1.10 bits per heavy atom. The van der Waals surface area contributed by atoms with Crippen molar-refractivity contribution in [3.63, 3.8) is 0 Å². The van der Waals surface area contributed by atoms with Gasteiger partial charge in [-0.05, 0) is 55.7 Å². The van der Waals surface area contributed by atoms with Gasteiger partial charge in [0.1, 0.15) is 12.1 Å². The summed E-state index contributed by atoms with van der Waals surface area (Å²) in [5, 5.41) is 8.78. The van der Waals surface area contributed by atoms with E-state index in [1.54, 1.807) is 11.0 Å². The lowest BCUT2D eigenvalue weighted by molar-refractivity contribution is -0.137. The standard InChI is InChI=1S/C22H26N4O4/c27-18-9-8-17(20(28)25-18)26-11-13-4-5-15(10-16(13)22(26)30)23-19(12-2-1-3-12)21(29)24-14-6-7-14/h4-5,10,12,14,17,19,23H,1-3,6-9,11H2,(H,24,29)(H,25,27,28). The van der Waals surface area contributed by atoms with E-state index in [0.717, 1.165) is 43.4 Å². The molecule has 0 radical (unpaired) electrons. The molecule has 2 heterocycles. The van der Waals surface area contributed by atoms with E-state index in [1.165, 1.54) is 0 Å². The third-order valence-corrected chi connectivity index (χ3v) is 6.68. The summed E-state index contributed by atoms with van der Waals surface area (Å²) < 4.78 is 0. The number of carbonyl (C=O) groups is 4. The van der Waals surface area contributed by atoms with Crippen LogP contribution in [0.3, 0.4) is 0 Å². The average molecular weight is 410 g/mol. The number of hydrogen-bond acceptors (Lipinski definition) is 5. The van der Waals surface area contributed by atoms with Crippen LogP contribution in [0.5, 0.6) is 0 Å². The highest BCUT2D eigenvalue weighted by Crippen LogP contribution is 2.34. The molecule has 2 aliphatic heterocycles. The Morgan fingerprint density at radius 2 is 1.90 bits per heavy atom. The zero-order valence-electron chi connectivity index (χ0n) is 16.8. The molecule has 2 aliphatic carbocycles. The molecule has 1 saturated heterocycles. The second kappa shape index (κ2) is 7.41. The third-order valence-electron chi connectivity index (χ3n) is 6.68. The molecule has 158 valence electrons. The number of piperidine rings is 1. The molecule has 8 nitrogen and oxygen atoms in total. The molecule has 8 heteroatoms. The molecule has 2 unspecified atom stereocenters. The number of carbonyl (C=O) groups excluding carboxylic acids is 4. The summed E-state index contributed by atoms with van der Waals surface area (Å²) in [6, 6.07) is 4.98. The van der Waals surface area contributed by atoms with Gasteiger partial charge in [-0.3, -0.25) is 24.5 Å². The van der Waals surface area contributed by atoms with Crippen molar-refractivity contribution in [1.29, 1.82) is 0 Å². The first-order valence-corrected chi connectivity index (χ1v) is 10.8. The van der Waals surface area contributed by atoms with Gasteiger partial charge in [0.05, 0.1) is 0 Å². The topological polar surface area (TPSA) is 108 Å². The molecule has 3 N–H and O–H groups in total. The number of anilines is 1. The Labute approximate surface area is 174 Å². The molecule has 1 aromatic rings. The summed E-state index contributed by atoms with van der Waals surface area (Å²) >= 11 is 0. The molecule has 0 aromatic heterocycles. The summed E-state index contributed by atoms with van der Waals surface area (Å²) in [4.78, 5) is 50.9. The van der Waals surface area contributed by atoms with Gasteiger partial charge in [-0.15, -0.1) is 0 Å². The number of nitrogens with one attached hydrogen (secondary N) is 3. The van der Waals surface area contributed by atoms with Crippen LogP contribution in [-0.2, 0) is 20.9 Å². The predicted octanol–water partition coefficient (Wildman–Crippen LogP) is 1.31. The number of fused-ring (bicyclic) bond motifs is 1. The normalized spacial score (nSPS) is 24.7. The lowest BCUT2D eigenvalue weighted by Gasteiger charge is -2.34. The number of imide groups is 1. The maximum atomic E-state index is 13.0. The highest BCUT2D eigenvalue weighted by atomic mass is 16.2. The van der Waals surface area contributed by atoms with Gasteiger partial charge in [0, 0.05) is 30.3 Å². The summed E-state index contributed by atoms with van der Waals surface area (Å²) in [5.74, 6) is -0.552. The molecular formula is C22H26N4O4. The van der Waals surface area contributed by atoms with Crippen LogP contribution >= 0.6 is 0 Å². The van der Waals surface area contributed by atoms with Gasteiger partial charge in [0.25, 0.3) is 5.91 Å². The van der Waals surface area contributed by atoms with Gasteiger partial charge in [0.15, 0.2) is 0 Å². The van der Waals surface area contributed by atoms with Crippen molar-refractivity contribution in [1.82, 2.24) is 15.5 Å². The van der Waals surface area contributed by atoms with E-state index in [9.17, 15) is 19.2 Å². The monoisotopic (exact) mass is 410 g/mol. The average Bonchev–Trinajstić information content (AvgIpc) is 3.43. The van der Waals surface area contributed by atoms with Crippen LogP contribution in [0.2, 0.25) is 0 Å². The smallest absolute Gasteiger partial charge is 0.255 e. The van der Waals surface area contributed by atoms with Gasteiger partial charge in [-0.25, -0.2) is 0 Å². The summed E-state index contributed by atoms with van der Waals surface area (Å²) in [6.45, 7) is 0.356. The van der Waals surface area contributed by atoms with Crippen molar-refractivity contribution < 1.29 is 19.2 Å². The SMILES string of the molecule is O=C1CCC(N2Cc3ccc(NC(C(=O)NC4CC4)C4CCC4)cc3C2=O)C(=O)N1. The fourth-order valence-corrected chi connectivity index (χ4v) is 4.51. The highest BCUT2D eigenvalue weighted by Gasteiger charge is 2.40. The Hall–Kier alpha value is -2.90. The molecule has 1 aromatic carbocycles. The lowest BCUT2D eigenvalue weighted by atomic mass is 9.79. The van der Waals surface area contributed by atoms with Gasteiger partial charge in [0.2, 0.25) is 17.7 Å². The van der Waals surface area contributed by atoms with Crippen LogP contribution in [0, 0.1) is 5.92 Å². The zero-order valence-corrected chi connectivity index (χ0v) is 16.8. The molecule has 2 atom stereocenters. The Morgan fingerprint density at radius 3 is 2.57 bits per heavy atom. The van der Waals surface area contributed by atoms with Gasteiger partial charge >= 0.3 is 0 Å². The largest absolute Gasteiger partial charge is 0.373 e. The van der Waals surface area contributed by atoms with Gasteiger partial charge in [-0.2, -0.15) is 0 Å². The quantitative estimate of drug-likeness (QED) is 0.613. The van der Waals surface area contributed by atoms with Crippen LogP contribution in [0.4, 0.5) is 5.69 Å². The van der Waals surface area contributed by atoms with Crippen molar-refractivity contribution in [3.8, 4) is 0 Å². The van der Waals surface area contributed by atoms with Gasteiger partial charge in [-0.1, -0.05) is 12.5 Å². The van der Waals surface area contributed by atoms with E-state index in [-0.39, 0.29) is 30.2 Å². The second-order valence-corrected chi connectivity index (χ2v) is 8.87. The Bertz CT molecular complexity index is 922. The maximum Gasteiger partial charge on any atom is 0.255 e. The molecule has 5 rings (SSSR count). The van der Waals surface area contributed by atoms with Crippen LogP contribution in [0.1, 0.15) is 60.9 Å². The first kappa shape index (κ1) is 19.1. The second-order valence-electron chi connectivity index (χ2n) is 8.87. The molecular weight excluding hydrogens is 384 g/mol. The number of hydrogen-bond donors (Lipinski definition) is 3. The van der Waals surface area contributed by atoms with E-state index < -0.39 is 11.9 Å². The van der Waals surface area contributed by atoms with Crippen molar-refractivity contribution in [3.05, 3.63) is 29.3 Å². The molecule has 30 heavy (non-hydrogen) atoms. The fourth-order valence-electron chi connectivity index (χ4n) is 4.51. The minimum absolute atomic E-state index is 0.0409. The minimum atomic E-state index is -0.619. The van der Waals surface area contributed by atoms with Gasteiger partial charge < -0.3 is 15.5 Å². The number of benzene rings is 1. The van der Waals surface area contributed by atoms with Crippen LogP contribution in [-0.4, -0.2) is 46.7 Å². The Kier molecular flexibility index (Phi) is 4.72. The zero-order chi connectivity index (χ0) is 20.8. The van der Waals surface area contributed by atoms with Crippen LogP contribution < -0.4 is 16.0 Å². The van der Waals surface area contributed by atoms with Crippen molar-refractivity contribution in [2.75, 3.05) is 5.32 Å². The molecule has 3 fully saturated rings. The third kappa shape index (κ3) is 3.55. The Balaban J connectivity index is 1.32. The molecule has 4 aliphatic rings. The van der Waals surface area contributed by atoms with Crippen molar-refractivity contribution in [2.24, 2.45) is 5.92 Å². The van der Waals surface area contributed by atoms with E-state index in [4.69, 9.17) is 0 Å². The first-order valence-electron chi connectivity index (χ1n) is 10.8. The summed E-state index contributed by atoms with van der Waals surface area (Å²) in [7, 11) is 0. The number of nitrogens with zero attached hydrogens (tertiary/aromatic N) is 1. The molecule has 2 saturated carbocycles. The lowest BCUT2D eigenvalue weighted by Crippen LogP contribution is -2.52. The van der Waals surface area contributed by atoms with Crippen LogP contribution in [0.15, 0.2) is 18.2 Å². The van der Waals surface area contributed by atoms with E-state index in [2.05, 4.69) is 16.0 Å². The maximum absolute atomic E-state index is 13.0. The first-order chi connectivity index (χ1) is 14.5. The van der Waals surface area contributed by atoms with E-state index in [0.29, 0.717) is 30.5 Å². The highest BCUT2D eigenvalue weighted by molar-refractivity contribution is 6.05. The minimum Gasteiger partial charge on any atom is -0.373 e.